The van der Waals surface area contributed by atoms with Gasteiger partial charge in [0.05, 0.1) is 13.7 Å². The number of amides is 1. The molecule has 26 heavy (non-hydrogen) atoms. The molecule has 2 aromatic rings. The van der Waals surface area contributed by atoms with Gasteiger partial charge in [-0.2, -0.15) is 0 Å². The van der Waals surface area contributed by atoms with Crippen LogP contribution in [-0.2, 0) is 16.4 Å². The van der Waals surface area contributed by atoms with Crippen LogP contribution in [-0.4, -0.2) is 41.1 Å². The van der Waals surface area contributed by atoms with Crippen LogP contribution in [0.5, 0.6) is 11.5 Å². The minimum Gasteiger partial charge on any atom is -0.495 e. The van der Waals surface area contributed by atoms with Gasteiger partial charge in [-0.3, -0.25) is 4.79 Å². The predicted octanol–water partition coefficient (Wildman–Crippen LogP) is 1.34. The molecule has 0 spiro atoms. The van der Waals surface area contributed by atoms with Crippen molar-refractivity contribution in [1.29, 1.82) is 0 Å². The Morgan fingerprint density at radius 3 is 2.73 bits per heavy atom. The first kappa shape index (κ1) is 18.2. The van der Waals surface area contributed by atoms with E-state index in [-0.39, 0.29) is 28.2 Å². The first-order chi connectivity index (χ1) is 12.4. The number of benzene rings is 2. The van der Waals surface area contributed by atoms with Crippen molar-refractivity contribution in [2.24, 2.45) is 0 Å². The van der Waals surface area contributed by atoms with E-state index in [1.807, 2.05) is 24.3 Å². The fraction of sp³-hybridized carbons (Fsp3) is 0.278. The van der Waals surface area contributed by atoms with Gasteiger partial charge in [-0.05, 0) is 36.9 Å². The second kappa shape index (κ2) is 7.35. The molecule has 138 valence electrons. The molecule has 0 fully saturated rings. The van der Waals surface area contributed by atoms with E-state index in [0.717, 1.165) is 17.7 Å². The van der Waals surface area contributed by atoms with Crippen LogP contribution in [0.4, 0.5) is 0 Å². The molecular weight excluding hydrogens is 356 g/mol. The van der Waals surface area contributed by atoms with Gasteiger partial charge in [0.1, 0.15) is 22.5 Å². The Morgan fingerprint density at radius 2 is 2.04 bits per heavy atom. The molecule has 0 bridgehead atoms. The number of hydrogen-bond acceptors (Lipinski definition) is 5. The number of nitrogens with one attached hydrogen (secondary N) is 2. The van der Waals surface area contributed by atoms with Gasteiger partial charge in [-0.25, -0.2) is 13.1 Å². The highest BCUT2D eigenvalue weighted by Crippen LogP contribution is 2.28. The molecule has 1 heterocycles. The lowest BCUT2D eigenvalue weighted by molar-refractivity contribution is 0.0933. The van der Waals surface area contributed by atoms with Crippen molar-refractivity contribution in [3.63, 3.8) is 0 Å². The lowest BCUT2D eigenvalue weighted by Crippen LogP contribution is -2.34. The van der Waals surface area contributed by atoms with Gasteiger partial charge in [-0.1, -0.05) is 18.2 Å². The van der Waals surface area contributed by atoms with Crippen LogP contribution < -0.4 is 19.5 Å². The largest absolute Gasteiger partial charge is 0.495 e. The van der Waals surface area contributed by atoms with E-state index in [1.54, 1.807) is 0 Å². The van der Waals surface area contributed by atoms with Gasteiger partial charge in [0.15, 0.2) is 0 Å². The Bertz CT molecular complexity index is 902. The third-order valence-electron chi connectivity index (χ3n) is 4.19. The number of carbonyl (C=O) groups excluding carboxylic acids is 1. The van der Waals surface area contributed by atoms with E-state index >= 15 is 0 Å². The van der Waals surface area contributed by atoms with Crippen LogP contribution in [0, 0.1) is 0 Å². The lowest BCUT2D eigenvalue weighted by Gasteiger charge is -2.13. The van der Waals surface area contributed by atoms with Crippen LogP contribution in [0.2, 0.25) is 0 Å². The highest BCUT2D eigenvalue weighted by molar-refractivity contribution is 7.89. The summed E-state index contributed by atoms with van der Waals surface area (Å²) in [7, 11) is -1.07. The molecular formula is C18H20N2O5S. The first-order valence-electron chi connectivity index (χ1n) is 8.09. The van der Waals surface area contributed by atoms with Crippen molar-refractivity contribution in [3.8, 4) is 11.5 Å². The molecule has 0 aliphatic carbocycles. The van der Waals surface area contributed by atoms with Gasteiger partial charge in [-0.15, -0.1) is 0 Å². The van der Waals surface area contributed by atoms with E-state index in [2.05, 4.69) is 10.0 Å². The molecule has 1 aliphatic rings. The summed E-state index contributed by atoms with van der Waals surface area (Å²) in [6.45, 7) is 0.327. The van der Waals surface area contributed by atoms with E-state index in [4.69, 9.17) is 9.47 Å². The summed E-state index contributed by atoms with van der Waals surface area (Å²) in [6, 6.07) is 12.0. The monoisotopic (exact) mass is 376 g/mol. The van der Waals surface area contributed by atoms with Crippen LogP contribution in [0.15, 0.2) is 47.4 Å². The maximum absolute atomic E-state index is 12.4. The van der Waals surface area contributed by atoms with Crippen LogP contribution in [0.1, 0.15) is 15.9 Å². The third-order valence-corrected chi connectivity index (χ3v) is 5.62. The van der Waals surface area contributed by atoms with E-state index in [0.29, 0.717) is 6.54 Å². The fourth-order valence-electron chi connectivity index (χ4n) is 2.81. The Kier molecular flexibility index (Phi) is 5.15. The summed E-state index contributed by atoms with van der Waals surface area (Å²) in [4.78, 5) is 12.3. The zero-order valence-electron chi connectivity index (χ0n) is 14.5. The molecule has 1 unspecified atom stereocenters. The third kappa shape index (κ3) is 3.66. The average molecular weight is 376 g/mol. The number of hydrogen-bond donors (Lipinski definition) is 2. The molecule has 2 aromatic carbocycles. The Labute approximate surface area is 152 Å². The number of sulfonamides is 1. The summed E-state index contributed by atoms with van der Waals surface area (Å²) < 4.78 is 37.3. The van der Waals surface area contributed by atoms with Crippen molar-refractivity contribution in [2.75, 3.05) is 20.7 Å². The first-order valence-corrected chi connectivity index (χ1v) is 9.57. The van der Waals surface area contributed by atoms with Crippen molar-refractivity contribution in [3.05, 3.63) is 53.6 Å². The molecule has 0 saturated heterocycles. The molecule has 0 radical (unpaired) electrons. The minimum absolute atomic E-state index is 0.0836. The SMILES string of the molecule is CNS(=O)(=O)c1cc(C(=O)NCC2Cc3ccccc3O2)ccc1OC. The molecule has 2 N–H and O–H groups in total. The highest BCUT2D eigenvalue weighted by Gasteiger charge is 2.24. The number of methoxy groups -OCH3 is 1. The molecule has 7 nitrogen and oxygen atoms in total. The molecule has 1 amide bonds. The van der Waals surface area contributed by atoms with Gasteiger partial charge >= 0.3 is 0 Å². The second-order valence-corrected chi connectivity index (χ2v) is 7.69. The average Bonchev–Trinajstić information content (AvgIpc) is 3.08. The van der Waals surface area contributed by atoms with Crippen LogP contribution in [0.25, 0.3) is 0 Å². The molecule has 0 saturated carbocycles. The number of fused-ring (bicyclic) bond motifs is 1. The van der Waals surface area contributed by atoms with E-state index < -0.39 is 10.0 Å². The van der Waals surface area contributed by atoms with Gasteiger partial charge in [0, 0.05) is 12.0 Å². The topological polar surface area (TPSA) is 93.7 Å². The number of para-hydroxylation sites is 1. The summed E-state index contributed by atoms with van der Waals surface area (Å²) in [5.41, 5.74) is 1.34. The van der Waals surface area contributed by atoms with Crippen molar-refractivity contribution < 1.29 is 22.7 Å². The quantitative estimate of drug-likeness (QED) is 0.793. The Morgan fingerprint density at radius 1 is 1.27 bits per heavy atom. The summed E-state index contributed by atoms with van der Waals surface area (Å²) in [5.74, 6) is 0.629. The molecule has 1 aliphatic heterocycles. The Balaban J connectivity index is 1.70. The van der Waals surface area contributed by atoms with Gasteiger partial charge in [0.2, 0.25) is 10.0 Å². The van der Waals surface area contributed by atoms with Crippen molar-refractivity contribution in [1.82, 2.24) is 10.0 Å². The fourth-order valence-corrected chi connectivity index (χ4v) is 3.73. The Hall–Kier alpha value is -2.58. The maximum atomic E-state index is 12.4. The van der Waals surface area contributed by atoms with Crippen molar-refractivity contribution in [2.45, 2.75) is 17.4 Å². The molecule has 3 rings (SSSR count). The van der Waals surface area contributed by atoms with Crippen LogP contribution in [0.3, 0.4) is 0 Å². The number of carbonyl (C=O) groups is 1. The van der Waals surface area contributed by atoms with Crippen molar-refractivity contribution >= 4 is 15.9 Å². The zero-order chi connectivity index (χ0) is 18.7. The molecule has 8 heteroatoms. The summed E-state index contributed by atoms with van der Waals surface area (Å²) >= 11 is 0. The maximum Gasteiger partial charge on any atom is 0.251 e. The predicted molar refractivity (Wildman–Crippen MR) is 96.1 cm³/mol. The smallest absolute Gasteiger partial charge is 0.251 e. The van der Waals surface area contributed by atoms with E-state index in [9.17, 15) is 13.2 Å². The number of ether oxygens (including phenoxy) is 2. The normalized spacial score (nSPS) is 15.8. The highest BCUT2D eigenvalue weighted by atomic mass is 32.2. The standard InChI is InChI=1S/C18H20N2O5S/c1-19-26(22,23)17-10-13(7-8-16(17)24-2)18(21)20-11-14-9-12-5-3-4-6-15(12)25-14/h3-8,10,14,19H,9,11H2,1-2H3,(H,20,21). The number of rotatable bonds is 6. The van der Waals surface area contributed by atoms with Crippen LogP contribution >= 0.6 is 0 Å². The molecule has 1 atom stereocenters. The summed E-state index contributed by atoms with van der Waals surface area (Å²) in [5, 5.41) is 2.79. The summed E-state index contributed by atoms with van der Waals surface area (Å²) in [6.07, 6.45) is 0.577. The van der Waals surface area contributed by atoms with Gasteiger partial charge < -0.3 is 14.8 Å². The molecule has 0 aromatic heterocycles. The second-order valence-electron chi connectivity index (χ2n) is 5.83. The zero-order valence-corrected chi connectivity index (χ0v) is 15.3. The minimum atomic E-state index is -3.74. The van der Waals surface area contributed by atoms with E-state index in [1.165, 1.54) is 32.4 Å². The lowest BCUT2D eigenvalue weighted by atomic mass is 10.1. The van der Waals surface area contributed by atoms with Gasteiger partial charge in [0.25, 0.3) is 5.91 Å².